The summed E-state index contributed by atoms with van der Waals surface area (Å²) in [4.78, 5) is 8.18. The van der Waals surface area contributed by atoms with Gasteiger partial charge in [-0.05, 0) is 36.2 Å². The SMILES string of the molecule is CS(=O)(=O)c1ccc(CCc2nc3ccccc3[nH]2)cc1. The summed E-state index contributed by atoms with van der Waals surface area (Å²) in [6, 6.07) is 15.0. The molecule has 5 heteroatoms. The smallest absolute Gasteiger partial charge is 0.175 e. The molecule has 3 aromatic rings. The zero-order chi connectivity index (χ0) is 14.9. The van der Waals surface area contributed by atoms with Gasteiger partial charge < -0.3 is 4.98 Å². The van der Waals surface area contributed by atoms with Crippen LogP contribution in [0.3, 0.4) is 0 Å². The van der Waals surface area contributed by atoms with Crippen LogP contribution in [-0.2, 0) is 22.7 Å². The molecule has 1 heterocycles. The van der Waals surface area contributed by atoms with Gasteiger partial charge in [-0.2, -0.15) is 0 Å². The highest BCUT2D eigenvalue weighted by atomic mass is 32.2. The number of nitrogens with one attached hydrogen (secondary N) is 1. The van der Waals surface area contributed by atoms with Crippen molar-refractivity contribution in [2.45, 2.75) is 17.7 Å². The molecule has 0 amide bonds. The summed E-state index contributed by atoms with van der Waals surface area (Å²) in [6.07, 6.45) is 2.84. The van der Waals surface area contributed by atoms with Crippen molar-refractivity contribution in [3.63, 3.8) is 0 Å². The Morgan fingerprint density at radius 1 is 1.00 bits per heavy atom. The molecule has 0 bridgehead atoms. The van der Waals surface area contributed by atoms with Gasteiger partial charge in [0.05, 0.1) is 15.9 Å². The molecule has 0 atom stereocenters. The molecule has 0 saturated heterocycles. The van der Waals surface area contributed by atoms with Crippen LogP contribution in [0.5, 0.6) is 0 Å². The number of hydrogen-bond donors (Lipinski definition) is 1. The van der Waals surface area contributed by atoms with Gasteiger partial charge in [0.25, 0.3) is 0 Å². The number of hydrogen-bond acceptors (Lipinski definition) is 3. The van der Waals surface area contributed by atoms with E-state index in [2.05, 4.69) is 9.97 Å². The van der Waals surface area contributed by atoms with Crippen molar-refractivity contribution in [3.05, 3.63) is 59.9 Å². The lowest BCUT2D eigenvalue weighted by Crippen LogP contribution is -1.98. The van der Waals surface area contributed by atoms with Gasteiger partial charge in [0.15, 0.2) is 9.84 Å². The van der Waals surface area contributed by atoms with E-state index in [0.717, 1.165) is 35.3 Å². The molecule has 0 unspecified atom stereocenters. The summed E-state index contributed by atoms with van der Waals surface area (Å²) in [6.45, 7) is 0. The zero-order valence-electron chi connectivity index (χ0n) is 11.7. The first kappa shape index (κ1) is 13.8. The molecular formula is C16H16N2O2S. The standard InChI is InChI=1S/C16H16N2O2S/c1-21(19,20)13-9-6-12(7-10-13)8-11-16-17-14-4-2-3-5-15(14)18-16/h2-7,9-10H,8,11H2,1H3,(H,17,18). The lowest BCUT2D eigenvalue weighted by atomic mass is 10.1. The van der Waals surface area contributed by atoms with Crippen molar-refractivity contribution >= 4 is 20.9 Å². The molecule has 3 rings (SSSR count). The van der Waals surface area contributed by atoms with E-state index in [1.54, 1.807) is 12.1 Å². The van der Waals surface area contributed by atoms with E-state index in [1.807, 2.05) is 36.4 Å². The Morgan fingerprint density at radius 2 is 1.71 bits per heavy atom. The predicted molar refractivity (Wildman–Crippen MR) is 83.1 cm³/mol. The number of imidazole rings is 1. The second kappa shape index (κ2) is 5.33. The average Bonchev–Trinajstić information content (AvgIpc) is 2.87. The van der Waals surface area contributed by atoms with E-state index in [-0.39, 0.29) is 0 Å². The number of fused-ring (bicyclic) bond motifs is 1. The molecule has 0 aliphatic carbocycles. The summed E-state index contributed by atoms with van der Waals surface area (Å²) >= 11 is 0. The van der Waals surface area contributed by atoms with E-state index >= 15 is 0 Å². The summed E-state index contributed by atoms with van der Waals surface area (Å²) in [5.41, 5.74) is 3.11. The van der Waals surface area contributed by atoms with E-state index in [9.17, 15) is 8.42 Å². The Bertz CT molecular complexity index is 832. The number of para-hydroxylation sites is 2. The van der Waals surface area contributed by atoms with Gasteiger partial charge in [0.1, 0.15) is 5.82 Å². The number of nitrogens with zero attached hydrogens (tertiary/aromatic N) is 1. The number of aromatic amines is 1. The summed E-state index contributed by atoms with van der Waals surface area (Å²) in [5.74, 6) is 0.948. The summed E-state index contributed by atoms with van der Waals surface area (Å²) in [5, 5.41) is 0. The minimum absolute atomic E-state index is 0.356. The number of sulfone groups is 1. The fourth-order valence-corrected chi connectivity index (χ4v) is 2.92. The monoisotopic (exact) mass is 300 g/mol. The summed E-state index contributed by atoms with van der Waals surface area (Å²) < 4.78 is 22.8. The van der Waals surface area contributed by atoms with Gasteiger partial charge in [0.2, 0.25) is 0 Å². The maximum Gasteiger partial charge on any atom is 0.175 e. The maximum absolute atomic E-state index is 11.4. The first-order valence-electron chi connectivity index (χ1n) is 6.75. The largest absolute Gasteiger partial charge is 0.342 e. The molecule has 2 aromatic carbocycles. The van der Waals surface area contributed by atoms with Crippen LogP contribution in [-0.4, -0.2) is 24.6 Å². The number of aryl methyl sites for hydroxylation is 2. The van der Waals surface area contributed by atoms with E-state index in [1.165, 1.54) is 6.26 Å². The second-order valence-corrected chi connectivity index (χ2v) is 7.13. The third-order valence-corrected chi connectivity index (χ3v) is 4.57. The predicted octanol–water partition coefficient (Wildman–Crippen LogP) is 2.75. The Labute approximate surface area is 123 Å². The minimum Gasteiger partial charge on any atom is -0.342 e. The molecule has 0 radical (unpaired) electrons. The third-order valence-electron chi connectivity index (χ3n) is 3.44. The summed E-state index contributed by atoms with van der Waals surface area (Å²) in [7, 11) is -3.12. The van der Waals surface area contributed by atoms with Gasteiger partial charge in [-0.15, -0.1) is 0 Å². The number of H-pyrrole nitrogens is 1. The average molecular weight is 300 g/mol. The van der Waals surface area contributed by atoms with Crippen LogP contribution in [0.15, 0.2) is 53.4 Å². The second-order valence-electron chi connectivity index (χ2n) is 5.12. The molecule has 21 heavy (non-hydrogen) atoms. The van der Waals surface area contributed by atoms with Gasteiger partial charge in [-0.1, -0.05) is 24.3 Å². The van der Waals surface area contributed by atoms with Gasteiger partial charge in [-0.25, -0.2) is 13.4 Å². The van der Waals surface area contributed by atoms with Gasteiger partial charge in [0, 0.05) is 12.7 Å². The number of benzene rings is 2. The quantitative estimate of drug-likeness (QED) is 0.806. The molecule has 0 saturated carbocycles. The highest BCUT2D eigenvalue weighted by Gasteiger charge is 2.07. The Hall–Kier alpha value is -2.14. The highest BCUT2D eigenvalue weighted by molar-refractivity contribution is 7.90. The van der Waals surface area contributed by atoms with Crippen LogP contribution in [0.1, 0.15) is 11.4 Å². The Kier molecular flexibility index (Phi) is 3.51. The van der Waals surface area contributed by atoms with Crippen molar-refractivity contribution in [2.24, 2.45) is 0 Å². The number of aromatic nitrogens is 2. The fraction of sp³-hybridized carbons (Fsp3) is 0.188. The molecule has 0 fully saturated rings. The van der Waals surface area contributed by atoms with E-state index in [0.29, 0.717) is 4.90 Å². The van der Waals surface area contributed by atoms with Crippen LogP contribution in [0.2, 0.25) is 0 Å². The van der Waals surface area contributed by atoms with E-state index in [4.69, 9.17) is 0 Å². The van der Waals surface area contributed by atoms with Crippen LogP contribution >= 0.6 is 0 Å². The maximum atomic E-state index is 11.4. The normalized spacial score (nSPS) is 11.9. The number of rotatable bonds is 4. The molecule has 0 aliphatic heterocycles. The van der Waals surface area contributed by atoms with Crippen molar-refractivity contribution < 1.29 is 8.42 Å². The molecule has 1 N–H and O–H groups in total. The molecule has 108 valence electrons. The Balaban J connectivity index is 1.72. The van der Waals surface area contributed by atoms with Crippen molar-refractivity contribution in [1.29, 1.82) is 0 Å². The van der Waals surface area contributed by atoms with E-state index < -0.39 is 9.84 Å². The third kappa shape index (κ3) is 3.13. The van der Waals surface area contributed by atoms with Crippen LogP contribution in [0, 0.1) is 0 Å². The lowest BCUT2D eigenvalue weighted by Gasteiger charge is -2.02. The molecular weight excluding hydrogens is 284 g/mol. The zero-order valence-corrected chi connectivity index (χ0v) is 12.5. The molecule has 0 aliphatic rings. The van der Waals surface area contributed by atoms with Crippen LogP contribution < -0.4 is 0 Å². The fourth-order valence-electron chi connectivity index (χ4n) is 2.29. The molecule has 4 nitrogen and oxygen atoms in total. The first-order valence-corrected chi connectivity index (χ1v) is 8.64. The first-order chi connectivity index (χ1) is 10.0. The van der Waals surface area contributed by atoms with Crippen molar-refractivity contribution in [1.82, 2.24) is 9.97 Å². The minimum atomic E-state index is -3.12. The molecule has 0 spiro atoms. The van der Waals surface area contributed by atoms with Crippen molar-refractivity contribution in [3.8, 4) is 0 Å². The highest BCUT2D eigenvalue weighted by Crippen LogP contribution is 2.14. The van der Waals surface area contributed by atoms with Crippen molar-refractivity contribution in [2.75, 3.05) is 6.26 Å². The lowest BCUT2D eigenvalue weighted by molar-refractivity contribution is 0.602. The topological polar surface area (TPSA) is 62.8 Å². The van der Waals surface area contributed by atoms with Crippen LogP contribution in [0.25, 0.3) is 11.0 Å². The molecule has 1 aromatic heterocycles. The van der Waals surface area contributed by atoms with Gasteiger partial charge in [-0.3, -0.25) is 0 Å². The van der Waals surface area contributed by atoms with Gasteiger partial charge >= 0.3 is 0 Å². The van der Waals surface area contributed by atoms with Crippen LogP contribution in [0.4, 0.5) is 0 Å². The Morgan fingerprint density at radius 3 is 2.38 bits per heavy atom.